The van der Waals surface area contributed by atoms with Crippen molar-refractivity contribution in [1.29, 1.82) is 0 Å². The van der Waals surface area contributed by atoms with Gasteiger partial charge >= 0.3 is 0 Å². The first-order valence-electron chi connectivity index (χ1n) is 10.3. The lowest BCUT2D eigenvalue weighted by Crippen LogP contribution is -2.21. The monoisotopic (exact) mass is 403 g/mol. The molecular weight excluding hydrogens is 374 g/mol. The molecule has 3 aromatic rings. The molecule has 5 heteroatoms. The summed E-state index contributed by atoms with van der Waals surface area (Å²) in [6.45, 7) is 6.28. The first kappa shape index (κ1) is 21.6. The number of nitrogens with zero attached hydrogens (tertiary/aromatic N) is 3. The third kappa shape index (κ3) is 5.26. The Hall–Kier alpha value is -3.15. The number of rotatable bonds is 9. The molecule has 3 rings (SSSR count). The zero-order valence-electron chi connectivity index (χ0n) is 17.6. The van der Waals surface area contributed by atoms with Crippen molar-refractivity contribution in [3.8, 4) is 0 Å². The van der Waals surface area contributed by atoms with Gasteiger partial charge in [-0.05, 0) is 66.9 Å². The van der Waals surface area contributed by atoms with E-state index in [1.54, 1.807) is 0 Å². The largest absolute Gasteiger partial charge is 0.392 e. The zero-order chi connectivity index (χ0) is 21.3. The van der Waals surface area contributed by atoms with E-state index in [0.717, 1.165) is 41.2 Å². The van der Waals surface area contributed by atoms with Crippen LogP contribution in [0.3, 0.4) is 0 Å². The number of aliphatic hydroxyl groups excluding tert-OH is 2. The first-order chi connectivity index (χ1) is 14.7. The Morgan fingerprint density at radius 1 is 0.667 bits per heavy atom. The van der Waals surface area contributed by atoms with Crippen LogP contribution in [0.25, 0.3) is 0 Å². The van der Waals surface area contributed by atoms with Crippen LogP contribution in [-0.2, 0) is 13.2 Å². The minimum atomic E-state index is 0.00757. The van der Waals surface area contributed by atoms with Crippen molar-refractivity contribution in [3.63, 3.8) is 0 Å². The van der Waals surface area contributed by atoms with E-state index in [9.17, 15) is 10.2 Å². The molecule has 0 aliphatic heterocycles. The molecule has 0 aliphatic rings. The SMILES string of the molecule is CCN(CC)c1ccc(C=NN(c2ccc(CO)cc2)c2ccc(CO)cc2)cc1. The van der Waals surface area contributed by atoms with E-state index >= 15 is 0 Å². The van der Waals surface area contributed by atoms with Crippen molar-refractivity contribution in [2.45, 2.75) is 27.1 Å². The highest BCUT2D eigenvalue weighted by atomic mass is 16.3. The zero-order valence-corrected chi connectivity index (χ0v) is 17.6. The Balaban J connectivity index is 1.89. The highest BCUT2D eigenvalue weighted by Gasteiger charge is 2.08. The molecule has 0 heterocycles. The number of hydrogen-bond donors (Lipinski definition) is 2. The van der Waals surface area contributed by atoms with Gasteiger partial charge in [0.2, 0.25) is 0 Å². The van der Waals surface area contributed by atoms with Gasteiger partial charge in [-0.2, -0.15) is 5.10 Å². The van der Waals surface area contributed by atoms with E-state index in [2.05, 4.69) is 43.0 Å². The lowest BCUT2D eigenvalue weighted by molar-refractivity contribution is 0.281. The molecular formula is C25H29N3O2. The molecule has 0 spiro atoms. The molecule has 0 atom stereocenters. The Bertz CT molecular complexity index is 884. The average Bonchev–Trinajstić information content (AvgIpc) is 2.81. The lowest BCUT2D eigenvalue weighted by Gasteiger charge is -2.21. The molecule has 0 radical (unpaired) electrons. The quantitative estimate of drug-likeness (QED) is 0.402. The van der Waals surface area contributed by atoms with Crippen molar-refractivity contribution in [1.82, 2.24) is 0 Å². The van der Waals surface area contributed by atoms with Crippen LogP contribution >= 0.6 is 0 Å². The van der Waals surface area contributed by atoms with Crippen molar-refractivity contribution in [3.05, 3.63) is 89.5 Å². The highest BCUT2D eigenvalue weighted by molar-refractivity contribution is 5.82. The molecule has 5 nitrogen and oxygen atoms in total. The summed E-state index contributed by atoms with van der Waals surface area (Å²) >= 11 is 0. The maximum Gasteiger partial charge on any atom is 0.0681 e. The van der Waals surface area contributed by atoms with Crippen LogP contribution in [0.4, 0.5) is 17.1 Å². The normalized spacial score (nSPS) is 11.1. The highest BCUT2D eigenvalue weighted by Crippen LogP contribution is 2.27. The second-order valence-electron chi connectivity index (χ2n) is 6.97. The van der Waals surface area contributed by atoms with Crippen LogP contribution < -0.4 is 9.91 Å². The van der Waals surface area contributed by atoms with Gasteiger partial charge in [-0.15, -0.1) is 0 Å². The van der Waals surface area contributed by atoms with E-state index in [4.69, 9.17) is 5.10 Å². The number of hydrogen-bond acceptors (Lipinski definition) is 5. The van der Waals surface area contributed by atoms with Gasteiger partial charge in [0.25, 0.3) is 0 Å². The summed E-state index contributed by atoms with van der Waals surface area (Å²) in [6, 6.07) is 23.7. The van der Waals surface area contributed by atoms with Crippen LogP contribution in [0, 0.1) is 0 Å². The minimum absolute atomic E-state index is 0.00757. The van der Waals surface area contributed by atoms with Crippen LogP contribution in [0.15, 0.2) is 77.9 Å². The van der Waals surface area contributed by atoms with E-state index in [1.165, 1.54) is 5.69 Å². The fourth-order valence-electron chi connectivity index (χ4n) is 3.25. The maximum absolute atomic E-state index is 9.32. The molecule has 0 saturated carbocycles. The molecule has 0 bridgehead atoms. The molecule has 30 heavy (non-hydrogen) atoms. The molecule has 2 N–H and O–H groups in total. The van der Waals surface area contributed by atoms with Crippen molar-refractivity contribution in [2.24, 2.45) is 5.10 Å². The first-order valence-corrected chi connectivity index (χ1v) is 10.3. The van der Waals surface area contributed by atoms with Gasteiger partial charge in [-0.3, -0.25) is 0 Å². The second-order valence-corrected chi connectivity index (χ2v) is 6.97. The Morgan fingerprint density at radius 3 is 1.50 bits per heavy atom. The van der Waals surface area contributed by atoms with Crippen LogP contribution in [0.2, 0.25) is 0 Å². The molecule has 156 valence electrons. The van der Waals surface area contributed by atoms with E-state index in [1.807, 2.05) is 59.8 Å². The Labute approximate surface area is 178 Å². The smallest absolute Gasteiger partial charge is 0.0681 e. The van der Waals surface area contributed by atoms with Gasteiger partial charge in [0, 0.05) is 18.8 Å². The van der Waals surface area contributed by atoms with Crippen LogP contribution in [0.5, 0.6) is 0 Å². The van der Waals surface area contributed by atoms with Gasteiger partial charge in [0.15, 0.2) is 0 Å². The maximum atomic E-state index is 9.32. The summed E-state index contributed by atoms with van der Waals surface area (Å²) in [4.78, 5) is 2.30. The van der Waals surface area contributed by atoms with Gasteiger partial charge < -0.3 is 15.1 Å². The van der Waals surface area contributed by atoms with Gasteiger partial charge in [0.05, 0.1) is 30.8 Å². The second kappa shape index (κ2) is 10.6. The Kier molecular flexibility index (Phi) is 7.60. The van der Waals surface area contributed by atoms with Crippen molar-refractivity contribution < 1.29 is 10.2 Å². The summed E-state index contributed by atoms with van der Waals surface area (Å²) in [6.07, 6.45) is 1.84. The number of anilines is 3. The molecule has 0 fully saturated rings. The molecule has 0 aliphatic carbocycles. The number of aliphatic hydroxyl groups is 2. The van der Waals surface area contributed by atoms with Gasteiger partial charge in [-0.25, -0.2) is 5.01 Å². The lowest BCUT2D eigenvalue weighted by atomic mass is 10.2. The number of hydrazone groups is 1. The summed E-state index contributed by atoms with van der Waals surface area (Å²) in [5.74, 6) is 0. The minimum Gasteiger partial charge on any atom is -0.392 e. The number of benzene rings is 3. The molecule has 0 amide bonds. The van der Waals surface area contributed by atoms with Crippen LogP contribution in [-0.4, -0.2) is 29.5 Å². The fourth-order valence-corrected chi connectivity index (χ4v) is 3.25. The Morgan fingerprint density at radius 2 is 1.10 bits per heavy atom. The third-order valence-electron chi connectivity index (χ3n) is 5.07. The standard InChI is InChI=1S/C25H29N3O2/c1-3-27(4-2)23-11-5-20(6-12-23)17-26-28(24-13-7-21(18-29)8-14-24)25-15-9-22(19-30)10-16-25/h5-17,29-30H,3-4,18-19H2,1-2H3. The van der Waals surface area contributed by atoms with Crippen LogP contribution in [0.1, 0.15) is 30.5 Å². The summed E-state index contributed by atoms with van der Waals surface area (Å²) in [7, 11) is 0. The third-order valence-corrected chi connectivity index (χ3v) is 5.07. The van der Waals surface area contributed by atoms with E-state index in [-0.39, 0.29) is 13.2 Å². The van der Waals surface area contributed by atoms with Gasteiger partial charge in [0.1, 0.15) is 0 Å². The fraction of sp³-hybridized carbons (Fsp3) is 0.240. The summed E-state index contributed by atoms with van der Waals surface area (Å²) in [5.41, 5.74) is 5.69. The summed E-state index contributed by atoms with van der Waals surface area (Å²) in [5, 5.41) is 25.2. The molecule has 0 unspecified atom stereocenters. The predicted molar refractivity (Wildman–Crippen MR) is 124 cm³/mol. The van der Waals surface area contributed by atoms with E-state index < -0.39 is 0 Å². The van der Waals surface area contributed by atoms with E-state index in [0.29, 0.717) is 0 Å². The van der Waals surface area contributed by atoms with Crippen molar-refractivity contribution in [2.75, 3.05) is 23.0 Å². The van der Waals surface area contributed by atoms with Crippen molar-refractivity contribution >= 4 is 23.3 Å². The molecule has 3 aromatic carbocycles. The van der Waals surface area contributed by atoms with Gasteiger partial charge in [-0.1, -0.05) is 36.4 Å². The summed E-state index contributed by atoms with van der Waals surface area (Å²) < 4.78 is 0. The molecule has 0 aromatic heterocycles. The topological polar surface area (TPSA) is 59.3 Å². The average molecular weight is 404 g/mol. The predicted octanol–water partition coefficient (Wildman–Crippen LogP) is 4.69. The molecule has 0 saturated heterocycles.